The number of fused-ring (bicyclic) bond motifs is 1. The molecule has 0 aromatic carbocycles. The van der Waals surface area contributed by atoms with Crippen molar-refractivity contribution >= 4 is 0 Å². The van der Waals surface area contributed by atoms with Crippen molar-refractivity contribution in [3.05, 3.63) is 35.2 Å². The van der Waals surface area contributed by atoms with Crippen LogP contribution in [-0.2, 0) is 26.4 Å². The Kier molecular flexibility index (Phi) is 3.30. The van der Waals surface area contributed by atoms with Crippen LogP contribution < -0.4 is 0 Å². The minimum atomic E-state index is 0.450. The molecule has 1 saturated heterocycles. The van der Waals surface area contributed by atoms with Crippen molar-refractivity contribution in [3.63, 3.8) is 0 Å². The number of aromatic amines is 1. The van der Waals surface area contributed by atoms with Gasteiger partial charge in [0.25, 0.3) is 0 Å². The fraction of sp³-hybridized carbons (Fsp3) is 0.625. The maximum atomic E-state index is 4.92. The average Bonchev–Trinajstić information content (AvgIpc) is 3.19. The predicted octanol–water partition coefficient (Wildman–Crippen LogP) is 2.36. The minimum absolute atomic E-state index is 0.450. The summed E-state index contributed by atoms with van der Waals surface area (Å²) in [6.45, 7) is 2.12. The quantitative estimate of drug-likeness (QED) is 0.942. The molecule has 1 N–H and O–H groups in total. The monoisotopic (exact) mass is 285 g/mol. The number of aryl methyl sites for hydroxylation is 3. The van der Waals surface area contributed by atoms with Crippen LogP contribution in [0.5, 0.6) is 0 Å². The SMILES string of the molecule is Cn1nccc1CN1CCCC1c1nc2c([nH]1)CCCC2. The highest BCUT2D eigenvalue weighted by Crippen LogP contribution is 2.33. The van der Waals surface area contributed by atoms with Gasteiger partial charge in [-0.15, -0.1) is 0 Å². The molecule has 4 rings (SSSR count). The third-order valence-electron chi connectivity index (χ3n) is 4.94. The van der Waals surface area contributed by atoms with E-state index >= 15 is 0 Å². The second kappa shape index (κ2) is 5.30. The lowest BCUT2D eigenvalue weighted by atomic mass is 10.0. The number of hydrogen-bond acceptors (Lipinski definition) is 3. The number of H-pyrrole nitrogens is 1. The van der Waals surface area contributed by atoms with Crippen molar-refractivity contribution in [1.82, 2.24) is 24.6 Å². The molecule has 0 radical (unpaired) electrons. The van der Waals surface area contributed by atoms with Crippen molar-refractivity contribution in [3.8, 4) is 0 Å². The first-order valence-corrected chi connectivity index (χ1v) is 8.10. The van der Waals surface area contributed by atoms with E-state index in [9.17, 15) is 0 Å². The molecule has 3 heterocycles. The Morgan fingerprint density at radius 3 is 3.00 bits per heavy atom. The van der Waals surface area contributed by atoms with E-state index in [0.717, 1.165) is 19.5 Å². The third kappa shape index (κ3) is 2.39. The van der Waals surface area contributed by atoms with Crippen LogP contribution in [0.3, 0.4) is 0 Å². The summed E-state index contributed by atoms with van der Waals surface area (Å²) in [6, 6.07) is 2.56. The smallest absolute Gasteiger partial charge is 0.124 e. The molecular weight excluding hydrogens is 262 g/mol. The molecule has 2 aliphatic rings. The molecule has 1 unspecified atom stereocenters. The van der Waals surface area contributed by atoms with E-state index in [1.54, 1.807) is 0 Å². The molecule has 2 aromatic rings. The van der Waals surface area contributed by atoms with Gasteiger partial charge < -0.3 is 4.98 Å². The van der Waals surface area contributed by atoms with E-state index in [-0.39, 0.29) is 0 Å². The molecule has 112 valence electrons. The Morgan fingerprint density at radius 1 is 1.29 bits per heavy atom. The van der Waals surface area contributed by atoms with Gasteiger partial charge in [0, 0.05) is 25.5 Å². The van der Waals surface area contributed by atoms with Crippen LogP contribution >= 0.6 is 0 Å². The van der Waals surface area contributed by atoms with Gasteiger partial charge in [0.2, 0.25) is 0 Å². The Balaban J connectivity index is 1.56. The van der Waals surface area contributed by atoms with E-state index in [1.807, 2.05) is 17.9 Å². The highest BCUT2D eigenvalue weighted by Gasteiger charge is 2.30. The van der Waals surface area contributed by atoms with Crippen LogP contribution in [0.2, 0.25) is 0 Å². The molecule has 0 saturated carbocycles. The normalized spacial score (nSPS) is 22.6. The van der Waals surface area contributed by atoms with Crippen molar-refractivity contribution in [2.75, 3.05) is 6.54 Å². The van der Waals surface area contributed by atoms with Gasteiger partial charge in [-0.25, -0.2) is 4.98 Å². The largest absolute Gasteiger partial charge is 0.344 e. The minimum Gasteiger partial charge on any atom is -0.344 e. The van der Waals surface area contributed by atoms with Crippen molar-refractivity contribution in [2.45, 2.75) is 51.1 Å². The third-order valence-corrected chi connectivity index (χ3v) is 4.94. The summed E-state index contributed by atoms with van der Waals surface area (Å²) >= 11 is 0. The molecule has 21 heavy (non-hydrogen) atoms. The molecule has 1 fully saturated rings. The van der Waals surface area contributed by atoms with Crippen LogP contribution in [0.25, 0.3) is 0 Å². The predicted molar refractivity (Wildman–Crippen MR) is 80.8 cm³/mol. The first-order valence-electron chi connectivity index (χ1n) is 8.10. The highest BCUT2D eigenvalue weighted by atomic mass is 15.3. The number of hydrogen-bond donors (Lipinski definition) is 1. The Morgan fingerprint density at radius 2 is 2.19 bits per heavy atom. The summed E-state index contributed by atoms with van der Waals surface area (Å²) in [5.41, 5.74) is 3.99. The van der Waals surface area contributed by atoms with Crippen molar-refractivity contribution in [2.24, 2.45) is 7.05 Å². The lowest BCUT2D eigenvalue weighted by Crippen LogP contribution is -2.24. The van der Waals surface area contributed by atoms with Gasteiger partial charge in [0.1, 0.15) is 5.82 Å². The first-order chi connectivity index (χ1) is 10.3. The summed E-state index contributed by atoms with van der Waals surface area (Å²) < 4.78 is 1.97. The molecule has 2 aromatic heterocycles. The second-order valence-corrected chi connectivity index (χ2v) is 6.33. The van der Waals surface area contributed by atoms with E-state index < -0.39 is 0 Å². The Bertz CT molecular complexity index is 603. The van der Waals surface area contributed by atoms with Crippen LogP contribution in [0.15, 0.2) is 12.3 Å². The molecule has 5 nitrogen and oxygen atoms in total. The molecule has 5 heteroatoms. The second-order valence-electron chi connectivity index (χ2n) is 6.33. The molecule has 1 aliphatic carbocycles. The zero-order chi connectivity index (χ0) is 14.2. The molecule has 0 amide bonds. The maximum Gasteiger partial charge on any atom is 0.124 e. The molecule has 0 spiro atoms. The molecule has 0 bridgehead atoms. The van der Waals surface area contributed by atoms with E-state index in [1.165, 1.54) is 55.0 Å². The van der Waals surface area contributed by atoms with Gasteiger partial charge in [-0.05, 0) is 51.1 Å². The summed E-state index contributed by atoms with van der Waals surface area (Å²) in [5.74, 6) is 1.20. The van der Waals surface area contributed by atoms with E-state index in [4.69, 9.17) is 4.98 Å². The number of nitrogens with one attached hydrogen (secondary N) is 1. The number of rotatable bonds is 3. The van der Waals surface area contributed by atoms with Crippen LogP contribution in [0, 0.1) is 0 Å². The first kappa shape index (κ1) is 13.1. The average molecular weight is 285 g/mol. The van der Waals surface area contributed by atoms with Crippen molar-refractivity contribution < 1.29 is 0 Å². The number of imidazole rings is 1. The van der Waals surface area contributed by atoms with Crippen LogP contribution in [0.4, 0.5) is 0 Å². The zero-order valence-electron chi connectivity index (χ0n) is 12.7. The van der Waals surface area contributed by atoms with Gasteiger partial charge in [-0.2, -0.15) is 5.10 Å². The molecular formula is C16H23N5. The number of nitrogens with zero attached hydrogens (tertiary/aromatic N) is 4. The zero-order valence-corrected chi connectivity index (χ0v) is 12.7. The summed E-state index contributed by atoms with van der Waals surface area (Å²) in [7, 11) is 2.02. The van der Waals surface area contributed by atoms with Gasteiger partial charge in [-0.3, -0.25) is 9.58 Å². The van der Waals surface area contributed by atoms with E-state index in [2.05, 4.69) is 21.0 Å². The maximum absolute atomic E-state index is 4.92. The van der Waals surface area contributed by atoms with Gasteiger partial charge in [0.15, 0.2) is 0 Å². The lowest BCUT2D eigenvalue weighted by molar-refractivity contribution is 0.234. The fourth-order valence-electron chi connectivity index (χ4n) is 3.72. The van der Waals surface area contributed by atoms with Crippen LogP contribution in [0.1, 0.15) is 54.6 Å². The fourth-order valence-corrected chi connectivity index (χ4v) is 3.72. The number of aromatic nitrogens is 4. The highest BCUT2D eigenvalue weighted by molar-refractivity contribution is 5.20. The number of likely N-dealkylation sites (tertiary alicyclic amines) is 1. The lowest BCUT2D eigenvalue weighted by Gasteiger charge is -2.22. The van der Waals surface area contributed by atoms with Gasteiger partial charge in [0.05, 0.1) is 17.4 Å². The Hall–Kier alpha value is -1.62. The standard InChI is InChI=1S/C16H23N5/c1-20-12(8-9-17-20)11-21-10-4-7-15(21)16-18-13-5-2-3-6-14(13)19-16/h8-9,15H,2-7,10-11H2,1H3,(H,18,19). The topological polar surface area (TPSA) is 49.7 Å². The summed E-state index contributed by atoms with van der Waals surface area (Å²) in [6.07, 6.45) is 9.28. The summed E-state index contributed by atoms with van der Waals surface area (Å²) in [5, 5.41) is 4.28. The van der Waals surface area contributed by atoms with E-state index in [0.29, 0.717) is 6.04 Å². The molecule has 1 atom stereocenters. The van der Waals surface area contributed by atoms with Gasteiger partial charge >= 0.3 is 0 Å². The van der Waals surface area contributed by atoms with Crippen LogP contribution in [-0.4, -0.2) is 31.2 Å². The Labute approximate surface area is 125 Å². The van der Waals surface area contributed by atoms with Gasteiger partial charge in [-0.1, -0.05) is 0 Å². The summed E-state index contributed by atoms with van der Waals surface area (Å²) in [4.78, 5) is 11.1. The molecule has 1 aliphatic heterocycles. The van der Waals surface area contributed by atoms with Crippen molar-refractivity contribution in [1.29, 1.82) is 0 Å².